The van der Waals surface area contributed by atoms with Crippen LogP contribution in [0, 0.1) is 0 Å². The maximum absolute atomic E-state index is 10.2. The molecule has 3 rings (SSSR count). The average molecular weight is 279 g/mol. The molecular formula is C17H17N3O. The lowest BCUT2D eigenvalue weighted by Crippen LogP contribution is -2.11. The van der Waals surface area contributed by atoms with Gasteiger partial charge in [0.1, 0.15) is 17.6 Å². The molecule has 0 spiro atoms. The van der Waals surface area contributed by atoms with Gasteiger partial charge >= 0.3 is 0 Å². The van der Waals surface area contributed by atoms with Gasteiger partial charge in [-0.05, 0) is 42.9 Å². The third-order valence-electron chi connectivity index (χ3n) is 3.40. The Morgan fingerprint density at radius 3 is 2.76 bits per heavy atom. The molecule has 0 atom stereocenters. The Bertz CT molecular complexity index is 784. The predicted octanol–water partition coefficient (Wildman–Crippen LogP) is 3.06. The van der Waals surface area contributed by atoms with Crippen LogP contribution in [0.2, 0.25) is 0 Å². The summed E-state index contributed by atoms with van der Waals surface area (Å²) in [5.41, 5.74) is 3.90. The van der Waals surface area contributed by atoms with Crippen molar-refractivity contribution in [3.63, 3.8) is 0 Å². The summed E-state index contributed by atoms with van der Waals surface area (Å²) in [7, 11) is 4.09. The number of benzene rings is 2. The van der Waals surface area contributed by atoms with Crippen molar-refractivity contribution in [1.82, 2.24) is 14.9 Å². The summed E-state index contributed by atoms with van der Waals surface area (Å²) in [5, 5.41) is 11.0. The molecule has 0 aliphatic carbocycles. The van der Waals surface area contributed by atoms with Crippen LogP contribution in [0.4, 0.5) is 0 Å². The first-order chi connectivity index (χ1) is 10.1. The zero-order chi connectivity index (χ0) is 14.8. The highest BCUT2D eigenvalue weighted by molar-refractivity contribution is 5.89. The molecule has 0 bridgehead atoms. The summed E-state index contributed by atoms with van der Waals surface area (Å²) in [5.74, 6) is 0.185. The first kappa shape index (κ1) is 13.5. The van der Waals surface area contributed by atoms with Crippen molar-refractivity contribution in [2.45, 2.75) is 6.54 Å². The van der Waals surface area contributed by atoms with Gasteiger partial charge in [-0.3, -0.25) is 0 Å². The molecule has 0 aliphatic heterocycles. The van der Waals surface area contributed by atoms with Crippen molar-refractivity contribution >= 4 is 10.9 Å². The highest BCUT2D eigenvalue weighted by Gasteiger charge is 2.09. The molecular weight excluding hydrogens is 262 g/mol. The molecule has 0 saturated carbocycles. The van der Waals surface area contributed by atoms with E-state index in [1.165, 1.54) is 11.9 Å². The van der Waals surface area contributed by atoms with E-state index >= 15 is 0 Å². The normalized spacial score (nSPS) is 11.2. The number of fused-ring (bicyclic) bond motifs is 1. The summed E-state index contributed by atoms with van der Waals surface area (Å²) >= 11 is 0. The Morgan fingerprint density at radius 2 is 1.95 bits per heavy atom. The molecule has 1 aromatic heterocycles. The fourth-order valence-electron chi connectivity index (χ4n) is 2.52. The molecule has 2 aromatic carbocycles. The number of phenolic OH excluding ortho intramolecular Hbond substituents is 1. The molecule has 4 heteroatoms. The van der Waals surface area contributed by atoms with E-state index in [-0.39, 0.29) is 5.75 Å². The summed E-state index contributed by atoms with van der Waals surface area (Å²) < 4.78 is 0. The second kappa shape index (κ2) is 5.50. The average Bonchev–Trinajstić information content (AvgIpc) is 2.47. The van der Waals surface area contributed by atoms with Crippen LogP contribution >= 0.6 is 0 Å². The van der Waals surface area contributed by atoms with E-state index in [0.717, 1.165) is 23.1 Å². The first-order valence-corrected chi connectivity index (χ1v) is 6.81. The van der Waals surface area contributed by atoms with E-state index in [9.17, 15) is 5.11 Å². The van der Waals surface area contributed by atoms with Crippen LogP contribution in [0.5, 0.6) is 5.75 Å². The third-order valence-corrected chi connectivity index (χ3v) is 3.40. The smallest absolute Gasteiger partial charge is 0.142 e. The van der Waals surface area contributed by atoms with Crippen LogP contribution in [0.25, 0.3) is 22.0 Å². The maximum Gasteiger partial charge on any atom is 0.142 e. The Hall–Kier alpha value is -2.46. The SMILES string of the molecule is CN(C)Cc1ccccc1-c1cc(O)c2ncncc2c1. The predicted molar refractivity (Wildman–Crippen MR) is 84.0 cm³/mol. The molecule has 21 heavy (non-hydrogen) atoms. The zero-order valence-electron chi connectivity index (χ0n) is 12.1. The Morgan fingerprint density at radius 1 is 1.14 bits per heavy atom. The highest BCUT2D eigenvalue weighted by Crippen LogP contribution is 2.32. The molecule has 1 N–H and O–H groups in total. The number of hydrogen-bond acceptors (Lipinski definition) is 4. The van der Waals surface area contributed by atoms with E-state index in [4.69, 9.17) is 0 Å². The lowest BCUT2D eigenvalue weighted by molar-refractivity contribution is 0.403. The molecule has 0 fully saturated rings. The van der Waals surface area contributed by atoms with Crippen molar-refractivity contribution in [3.05, 3.63) is 54.5 Å². The number of aromatic nitrogens is 2. The highest BCUT2D eigenvalue weighted by atomic mass is 16.3. The van der Waals surface area contributed by atoms with E-state index in [0.29, 0.717) is 5.52 Å². The van der Waals surface area contributed by atoms with Crippen molar-refractivity contribution in [2.24, 2.45) is 0 Å². The second-order valence-electron chi connectivity index (χ2n) is 5.35. The molecule has 1 heterocycles. The number of rotatable bonds is 3. The fourth-order valence-corrected chi connectivity index (χ4v) is 2.52. The molecule has 0 aliphatic rings. The van der Waals surface area contributed by atoms with Gasteiger partial charge in [0.2, 0.25) is 0 Å². The molecule has 0 unspecified atom stereocenters. The number of aromatic hydroxyl groups is 1. The summed E-state index contributed by atoms with van der Waals surface area (Å²) in [6, 6.07) is 12.0. The molecule has 106 valence electrons. The fraction of sp³-hybridized carbons (Fsp3) is 0.176. The van der Waals surface area contributed by atoms with Crippen molar-refractivity contribution < 1.29 is 5.11 Å². The maximum atomic E-state index is 10.2. The van der Waals surface area contributed by atoms with Crippen LogP contribution in [-0.2, 0) is 6.54 Å². The van der Waals surface area contributed by atoms with E-state index in [1.54, 1.807) is 12.3 Å². The lowest BCUT2D eigenvalue weighted by atomic mass is 9.98. The Labute approximate surface area is 123 Å². The van der Waals surface area contributed by atoms with Gasteiger partial charge in [0.25, 0.3) is 0 Å². The second-order valence-corrected chi connectivity index (χ2v) is 5.35. The topological polar surface area (TPSA) is 49.2 Å². The minimum atomic E-state index is 0.185. The van der Waals surface area contributed by atoms with Crippen LogP contribution < -0.4 is 0 Å². The van der Waals surface area contributed by atoms with E-state index in [1.807, 2.05) is 32.3 Å². The van der Waals surface area contributed by atoms with Gasteiger partial charge in [-0.15, -0.1) is 0 Å². The summed E-state index contributed by atoms with van der Waals surface area (Å²) in [6.45, 7) is 0.847. The van der Waals surface area contributed by atoms with Gasteiger partial charge in [-0.2, -0.15) is 0 Å². The van der Waals surface area contributed by atoms with Crippen molar-refractivity contribution in [1.29, 1.82) is 0 Å². The van der Waals surface area contributed by atoms with E-state index < -0.39 is 0 Å². The van der Waals surface area contributed by atoms with Crippen LogP contribution in [0.3, 0.4) is 0 Å². The van der Waals surface area contributed by atoms with Crippen molar-refractivity contribution in [2.75, 3.05) is 14.1 Å². The lowest BCUT2D eigenvalue weighted by Gasteiger charge is -2.15. The summed E-state index contributed by atoms with van der Waals surface area (Å²) in [6.07, 6.45) is 3.17. The summed E-state index contributed by atoms with van der Waals surface area (Å²) in [4.78, 5) is 10.3. The van der Waals surface area contributed by atoms with Crippen LogP contribution in [-0.4, -0.2) is 34.1 Å². The van der Waals surface area contributed by atoms with Gasteiger partial charge in [0.05, 0.1) is 0 Å². The Balaban J connectivity index is 2.17. The van der Waals surface area contributed by atoms with Gasteiger partial charge < -0.3 is 10.0 Å². The molecule has 0 saturated heterocycles. The van der Waals surface area contributed by atoms with Crippen LogP contribution in [0.1, 0.15) is 5.56 Å². The largest absolute Gasteiger partial charge is 0.506 e. The Kier molecular flexibility index (Phi) is 3.54. The quantitative estimate of drug-likeness (QED) is 0.800. The van der Waals surface area contributed by atoms with Crippen LogP contribution in [0.15, 0.2) is 48.9 Å². The number of nitrogens with zero attached hydrogens (tertiary/aromatic N) is 3. The van der Waals surface area contributed by atoms with Crippen molar-refractivity contribution in [3.8, 4) is 16.9 Å². The molecule has 0 amide bonds. The third kappa shape index (κ3) is 2.71. The van der Waals surface area contributed by atoms with Gasteiger partial charge in [-0.1, -0.05) is 24.3 Å². The minimum Gasteiger partial charge on any atom is -0.506 e. The molecule has 3 aromatic rings. The van der Waals surface area contributed by atoms with Gasteiger partial charge in [0, 0.05) is 18.1 Å². The number of phenols is 1. The monoisotopic (exact) mass is 279 g/mol. The first-order valence-electron chi connectivity index (χ1n) is 6.81. The zero-order valence-corrected chi connectivity index (χ0v) is 12.1. The molecule has 0 radical (unpaired) electrons. The number of hydrogen-bond donors (Lipinski definition) is 1. The minimum absolute atomic E-state index is 0.185. The van der Waals surface area contributed by atoms with E-state index in [2.05, 4.69) is 27.0 Å². The van der Waals surface area contributed by atoms with Gasteiger partial charge in [0.15, 0.2) is 0 Å². The standard InChI is InChI=1S/C17H17N3O/c1-20(2)10-12-5-3-4-6-15(12)13-7-14-9-18-11-19-17(14)16(21)8-13/h3-9,11,21H,10H2,1-2H3. The molecule has 4 nitrogen and oxygen atoms in total. The van der Waals surface area contributed by atoms with Gasteiger partial charge in [-0.25, -0.2) is 9.97 Å².